The van der Waals surface area contributed by atoms with Gasteiger partial charge in [0.25, 0.3) is 0 Å². The van der Waals surface area contributed by atoms with Gasteiger partial charge in [0, 0.05) is 12.8 Å². The molecule has 0 rings (SSSR count). The summed E-state index contributed by atoms with van der Waals surface area (Å²) in [5.74, 6) is -1.05. The summed E-state index contributed by atoms with van der Waals surface area (Å²) in [5.41, 5.74) is 0. The predicted molar refractivity (Wildman–Crippen MR) is 251 cm³/mol. The Morgan fingerprint density at radius 3 is 0.966 bits per heavy atom. The molecule has 0 aromatic carbocycles. The van der Waals surface area contributed by atoms with Crippen molar-refractivity contribution in [3.8, 4) is 0 Å². The molecular formula is C53H92O6. The quantitative estimate of drug-likeness (QED) is 0.0263. The van der Waals surface area contributed by atoms with Gasteiger partial charge >= 0.3 is 17.9 Å². The van der Waals surface area contributed by atoms with E-state index in [1.165, 1.54) is 128 Å². The fourth-order valence-corrected chi connectivity index (χ4v) is 6.87. The smallest absolute Gasteiger partial charge is 0.310 e. The SMILES string of the molecule is CC/C=C\C/C=C\C/C=C\C/C=C\C/C=C\CC(=O)OC(COC(=O)CCCCCCCC)COC(=O)CCCCCCCCCCCCCCCCCCCCCC. The lowest BCUT2D eigenvalue weighted by Gasteiger charge is -2.18. The summed E-state index contributed by atoms with van der Waals surface area (Å²) in [6, 6.07) is 0. The zero-order valence-corrected chi connectivity index (χ0v) is 38.8. The molecule has 0 aromatic rings. The van der Waals surface area contributed by atoms with Crippen LogP contribution in [0.1, 0.15) is 239 Å². The van der Waals surface area contributed by atoms with Crippen molar-refractivity contribution in [3.05, 3.63) is 60.8 Å². The highest BCUT2D eigenvalue weighted by atomic mass is 16.6. The number of esters is 3. The second-order valence-electron chi connectivity index (χ2n) is 16.4. The minimum atomic E-state index is -0.822. The van der Waals surface area contributed by atoms with Crippen LogP contribution in [-0.4, -0.2) is 37.2 Å². The lowest BCUT2D eigenvalue weighted by Crippen LogP contribution is -2.30. The number of carbonyl (C=O) groups is 3. The van der Waals surface area contributed by atoms with Crippen molar-refractivity contribution in [1.29, 1.82) is 0 Å². The van der Waals surface area contributed by atoms with Crippen LogP contribution in [-0.2, 0) is 28.6 Å². The number of unbranched alkanes of at least 4 members (excludes halogenated alkanes) is 24. The first kappa shape index (κ1) is 56.1. The fourth-order valence-electron chi connectivity index (χ4n) is 6.87. The maximum absolute atomic E-state index is 12.7. The second-order valence-corrected chi connectivity index (χ2v) is 16.4. The van der Waals surface area contributed by atoms with Crippen molar-refractivity contribution in [3.63, 3.8) is 0 Å². The van der Waals surface area contributed by atoms with E-state index in [0.29, 0.717) is 12.8 Å². The van der Waals surface area contributed by atoms with Crippen molar-refractivity contribution in [2.45, 2.75) is 245 Å². The van der Waals surface area contributed by atoms with Crippen LogP contribution in [0.2, 0.25) is 0 Å². The van der Waals surface area contributed by atoms with Gasteiger partial charge in [-0.05, 0) is 44.9 Å². The van der Waals surface area contributed by atoms with Gasteiger partial charge in [0.2, 0.25) is 0 Å². The molecule has 0 heterocycles. The van der Waals surface area contributed by atoms with Crippen LogP contribution in [0.3, 0.4) is 0 Å². The topological polar surface area (TPSA) is 78.9 Å². The molecular weight excluding hydrogens is 733 g/mol. The van der Waals surface area contributed by atoms with E-state index >= 15 is 0 Å². The molecule has 0 aliphatic rings. The molecule has 0 aliphatic heterocycles. The Hall–Kier alpha value is -2.89. The highest BCUT2D eigenvalue weighted by Gasteiger charge is 2.19. The Bertz CT molecular complexity index is 1090. The summed E-state index contributed by atoms with van der Waals surface area (Å²) in [7, 11) is 0. The van der Waals surface area contributed by atoms with Crippen molar-refractivity contribution in [2.24, 2.45) is 0 Å². The average Bonchev–Trinajstić information content (AvgIpc) is 3.23. The molecule has 0 aromatic heterocycles. The molecule has 6 nitrogen and oxygen atoms in total. The lowest BCUT2D eigenvalue weighted by molar-refractivity contribution is -0.166. The maximum Gasteiger partial charge on any atom is 0.310 e. The molecule has 0 amide bonds. The molecule has 340 valence electrons. The summed E-state index contributed by atoms with van der Waals surface area (Å²) in [6.45, 7) is 6.39. The predicted octanol–water partition coefficient (Wildman–Crippen LogP) is 16.1. The van der Waals surface area contributed by atoms with Crippen LogP contribution in [0.4, 0.5) is 0 Å². The van der Waals surface area contributed by atoms with Gasteiger partial charge in [0.15, 0.2) is 6.10 Å². The van der Waals surface area contributed by atoms with Crippen LogP contribution in [0, 0.1) is 0 Å². The zero-order valence-electron chi connectivity index (χ0n) is 38.8. The highest BCUT2D eigenvalue weighted by molar-refractivity contribution is 5.72. The third-order valence-electron chi connectivity index (χ3n) is 10.6. The molecule has 1 unspecified atom stereocenters. The molecule has 0 bridgehead atoms. The zero-order chi connectivity index (χ0) is 43.0. The van der Waals surface area contributed by atoms with E-state index in [9.17, 15) is 14.4 Å². The van der Waals surface area contributed by atoms with Crippen LogP contribution < -0.4 is 0 Å². The van der Waals surface area contributed by atoms with Gasteiger partial charge in [-0.25, -0.2) is 0 Å². The maximum atomic E-state index is 12.7. The van der Waals surface area contributed by atoms with E-state index in [1.807, 2.05) is 6.08 Å². The van der Waals surface area contributed by atoms with E-state index in [4.69, 9.17) is 14.2 Å². The first-order valence-electron chi connectivity index (χ1n) is 24.8. The van der Waals surface area contributed by atoms with E-state index in [0.717, 1.165) is 70.6 Å². The third-order valence-corrected chi connectivity index (χ3v) is 10.6. The van der Waals surface area contributed by atoms with E-state index in [-0.39, 0.29) is 31.6 Å². The Morgan fingerprint density at radius 1 is 0.356 bits per heavy atom. The summed E-state index contributed by atoms with van der Waals surface area (Å²) >= 11 is 0. The Labute approximate surface area is 364 Å². The van der Waals surface area contributed by atoms with E-state index in [2.05, 4.69) is 69.4 Å². The standard InChI is InChI=1S/C53H92O6/c1-4-7-10-13-16-18-20-22-24-25-26-27-28-30-31-33-35-37-40-43-46-52(55)58-49-50(48-57-51(54)45-42-39-15-12-9-6-3)59-53(56)47-44-41-38-36-34-32-29-23-21-19-17-14-11-8-5-2/h8,11,17,19,23,29,34,36,41,44,50H,4-7,9-10,12-16,18,20-22,24-28,30-33,35,37-40,42-43,45-49H2,1-3H3/b11-8-,19-17-,29-23-,36-34-,44-41-. The summed E-state index contributed by atoms with van der Waals surface area (Å²) in [4.78, 5) is 37.6. The summed E-state index contributed by atoms with van der Waals surface area (Å²) in [5, 5.41) is 0. The number of allylic oxidation sites excluding steroid dienone is 9. The van der Waals surface area contributed by atoms with Crippen LogP contribution >= 0.6 is 0 Å². The average molecular weight is 825 g/mol. The van der Waals surface area contributed by atoms with E-state index < -0.39 is 12.1 Å². The van der Waals surface area contributed by atoms with Crippen LogP contribution in [0.25, 0.3) is 0 Å². The normalized spacial score (nSPS) is 12.5. The Balaban J connectivity index is 4.27. The minimum absolute atomic E-state index is 0.100. The molecule has 0 N–H and O–H groups in total. The molecule has 0 saturated carbocycles. The van der Waals surface area contributed by atoms with Crippen molar-refractivity contribution in [1.82, 2.24) is 0 Å². The summed E-state index contributed by atoms with van der Waals surface area (Å²) in [6.07, 6.45) is 58.3. The van der Waals surface area contributed by atoms with Crippen molar-refractivity contribution >= 4 is 17.9 Å². The summed E-state index contributed by atoms with van der Waals surface area (Å²) < 4.78 is 16.6. The molecule has 0 saturated heterocycles. The van der Waals surface area contributed by atoms with E-state index in [1.54, 1.807) is 6.08 Å². The molecule has 0 radical (unpaired) electrons. The number of ether oxygens (including phenoxy) is 3. The number of rotatable bonds is 44. The number of hydrogen-bond donors (Lipinski definition) is 0. The molecule has 0 spiro atoms. The largest absolute Gasteiger partial charge is 0.462 e. The van der Waals surface area contributed by atoms with Gasteiger partial charge in [-0.1, -0.05) is 236 Å². The first-order valence-corrected chi connectivity index (χ1v) is 24.8. The molecule has 1 atom stereocenters. The third kappa shape index (κ3) is 46.0. The highest BCUT2D eigenvalue weighted by Crippen LogP contribution is 2.16. The fraction of sp³-hybridized carbons (Fsp3) is 0.755. The lowest BCUT2D eigenvalue weighted by atomic mass is 10.0. The molecule has 0 aliphatic carbocycles. The van der Waals surface area contributed by atoms with Gasteiger partial charge in [-0.15, -0.1) is 0 Å². The van der Waals surface area contributed by atoms with Gasteiger partial charge < -0.3 is 14.2 Å². The monoisotopic (exact) mass is 825 g/mol. The minimum Gasteiger partial charge on any atom is -0.462 e. The van der Waals surface area contributed by atoms with Gasteiger partial charge in [-0.2, -0.15) is 0 Å². The molecule has 6 heteroatoms. The van der Waals surface area contributed by atoms with Gasteiger partial charge in [0.1, 0.15) is 13.2 Å². The van der Waals surface area contributed by atoms with Crippen molar-refractivity contribution in [2.75, 3.05) is 13.2 Å². The first-order chi connectivity index (χ1) is 29.0. The van der Waals surface area contributed by atoms with Crippen LogP contribution in [0.15, 0.2) is 60.8 Å². The van der Waals surface area contributed by atoms with Crippen molar-refractivity contribution < 1.29 is 28.6 Å². The second kappa shape index (κ2) is 47.8. The van der Waals surface area contributed by atoms with Gasteiger partial charge in [0.05, 0.1) is 6.42 Å². The van der Waals surface area contributed by atoms with Gasteiger partial charge in [-0.3, -0.25) is 14.4 Å². The molecule has 59 heavy (non-hydrogen) atoms. The molecule has 0 fully saturated rings. The number of carbonyl (C=O) groups excluding carboxylic acids is 3. The Kier molecular flexibility index (Phi) is 45.4. The Morgan fingerprint density at radius 2 is 0.644 bits per heavy atom. The van der Waals surface area contributed by atoms with Crippen LogP contribution in [0.5, 0.6) is 0 Å². The number of hydrogen-bond acceptors (Lipinski definition) is 6.